The van der Waals surface area contributed by atoms with Crippen molar-refractivity contribution in [1.29, 1.82) is 0 Å². The molecule has 132 valence electrons. The Morgan fingerprint density at radius 3 is 2.58 bits per heavy atom. The minimum Gasteiger partial charge on any atom is -0.478 e. The summed E-state index contributed by atoms with van der Waals surface area (Å²) < 4.78 is 0. The number of rotatable bonds is 6. The molecule has 0 fully saturated rings. The first-order valence-electron chi connectivity index (χ1n) is 8.22. The fourth-order valence-corrected chi connectivity index (χ4v) is 2.63. The summed E-state index contributed by atoms with van der Waals surface area (Å²) in [5.74, 6) is 1.09. The first-order chi connectivity index (χ1) is 12.5. The molecule has 0 unspecified atom stereocenters. The van der Waals surface area contributed by atoms with E-state index in [9.17, 15) is 4.79 Å². The van der Waals surface area contributed by atoms with E-state index in [1.165, 1.54) is 5.56 Å². The maximum absolute atomic E-state index is 11.1. The van der Waals surface area contributed by atoms with Crippen molar-refractivity contribution in [3.05, 3.63) is 77.6 Å². The maximum atomic E-state index is 11.1. The molecule has 1 heterocycles. The maximum Gasteiger partial charge on any atom is 0.335 e. The number of hydrogen-bond acceptors (Lipinski definition) is 5. The number of nitrogens with one attached hydrogen (secondary N) is 1. The fraction of sp³-hybridized carbons (Fsp3) is 0.150. The van der Waals surface area contributed by atoms with Gasteiger partial charge in [-0.05, 0) is 30.7 Å². The number of benzene rings is 2. The molecule has 0 aliphatic carbocycles. The highest BCUT2D eigenvalue weighted by Crippen LogP contribution is 2.21. The largest absolute Gasteiger partial charge is 0.478 e. The van der Waals surface area contributed by atoms with Gasteiger partial charge in [0.15, 0.2) is 0 Å². The number of aromatic nitrogens is 2. The molecule has 0 spiro atoms. The Labute approximate surface area is 152 Å². The van der Waals surface area contributed by atoms with Crippen LogP contribution in [0.15, 0.2) is 60.7 Å². The molecule has 3 aromatic rings. The number of anilines is 3. The molecular weight excluding hydrogens is 328 g/mol. The molecule has 2 aromatic carbocycles. The summed E-state index contributed by atoms with van der Waals surface area (Å²) in [5.41, 5.74) is 2.08. The van der Waals surface area contributed by atoms with Gasteiger partial charge >= 0.3 is 5.97 Å². The second-order valence-electron chi connectivity index (χ2n) is 6.01. The molecule has 6 heteroatoms. The van der Waals surface area contributed by atoms with E-state index in [0.717, 1.165) is 12.4 Å². The molecule has 0 saturated carbocycles. The lowest BCUT2D eigenvalue weighted by molar-refractivity contribution is 0.0697. The third-order valence-corrected chi connectivity index (χ3v) is 3.86. The summed E-state index contributed by atoms with van der Waals surface area (Å²) in [6, 6.07) is 18.6. The molecular formula is C20H20N4O2. The van der Waals surface area contributed by atoms with Crippen molar-refractivity contribution in [2.75, 3.05) is 17.3 Å². The first-order valence-corrected chi connectivity index (χ1v) is 8.22. The molecule has 0 bridgehead atoms. The van der Waals surface area contributed by atoms with E-state index in [4.69, 9.17) is 5.11 Å². The number of aryl methyl sites for hydroxylation is 1. The van der Waals surface area contributed by atoms with Gasteiger partial charge in [0.25, 0.3) is 0 Å². The van der Waals surface area contributed by atoms with Crippen molar-refractivity contribution < 1.29 is 9.90 Å². The van der Waals surface area contributed by atoms with Crippen molar-refractivity contribution in [2.24, 2.45) is 0 Å². The molecule has 0 saturated heterocycles. The Morgan fingerprint density at radius 1 is 1.08 bits per heavy atom. The van der Waals surface area contributed by atoms with Crippen LogP contribution in [0, 0.1) is 6.92 Å². The van der Waals surface area contributed by atoms with E-state index in [0.29, 0.717) is 17.3 Å². The lowest BCUT2D eigenvalue weighted by Gasteiger charge is -2.19. The van der Waals surface area contributed by atoms with Crippen molar-refractivity contribution in [2.45, 2.75) is 13.5 Å². The Bertz CT molecular complexity index is 913. The van der Waals surface area contributed by atoms with Gasteiger partial charge in [0, 0.05) is 25.3 Å². The summed E-state index contributed by atoms with van der Waals surface area (Å²) >= 11 is 0. The first kappa shape index (κ1) is 17.4. The standard InChI is InChI=1S/C20H20N4O2/c1-14-21-18(23-17-10-6-9-16(11-17)20(25)26)12-19(22-14)24(2)13-15-7-4-3-5-8-15/h3-12H,13H2,1-2H3,(H,25,26)(H,21,22,23). The van der Waals surface area contributed by atoms with Gasteiger partial charge in [0.1, 0.15) is 17.5 Å². The molecule has 3 rings (SSSR count). The van der Waals surface area contributed by atoms with E-state index in [2.05, 4.69) is 27.4 Å². The Balaban J connectivity index is 1.81. The quantitative estimate of drug-likeness (QED) is 0.704. The van der Waals surface area contributed by atoms with E-state index >= 15 is 0 Å². The van der Waals surface area contributed by atoms with Gasteiger partial charge in [0.05, 0.1) is 5.56 Å². The fourth-order valence-electron chi connectivity index (χ4n) is 2.63. The van der Waals surface area contributed by atoms with Crippen LogP contribution < -0.4 is 10.2 Å². The number of aromatic carboxylic acids is 1. The van der Waals surface area contributed by atoms with Gasteiger partial charge in [-0.25, -0.2) is 14.8 Å². The highest BCUT2D eigenvalue weighted by atomic mass is 16.4. The third-order valence-electron chi connectivity index (χ3n) is 3.86. The normalized spacial score (nSPS) is 10.4. The molecule has 0 aliphatic heterocycles. The average molecular weight is 348 g/mol. The molecule has 1 aromatic heterocycles. The molecule has 0 amide bonds. The van der Waals surface area contributed by atoms with Gasteiger partial charge in [-0.15, -0.1) is 0 Å². The van der Waals surface area contributed by atoms with Crippen molar-refractivity contribution in [1.82, 2.24) is 9.97 Å². The highest BCUT2D eigenvalue weighted by Gasteiger charge is 2.09. The molecule has 0 radical (unpaired) electrons. The average Bonchev–Trinajstić information content (AvgIpc) is 2.62. The van der Waals surface area contributed by atoms with Gasteiger partial charge < -0.3 is 15.3 Å². The molecule has 6 nitrogen and oxygen atoms in total. The van der Waals surface area contributed by atoms with E-state index in [-0.39, 0.29) is 5.56 Å². The summed E-state index contributed by atoms with van der Waals surface area (Å²) in [6.07, 6.45) is 0. The lowest BCUT2D eigenvalue weighted by atomic mass is 10.2. The topological polar surface area (TPSA) is 78.3 Å². The predicted octanol–water partition coefficient (Wildman–Crippen LogP) is 3.86. The molecule has 2 N–H and O–H groups in total. The van der Waals surface area contributed by atoms with Gasteiger partial charge in [-0.2, -0.15) is 0 Å². The summed E-state index contributed by atoms with van der Waals surface area (Å²) in [5, 5.41) is 12.3. The van der Waals surface area contributed by atoms with Gasteiger partial charge in [-0.1, -0.05) is 36.4 Å². The van der Waals surface area contributed by atoms with Gasteiger partial charge in [0.2, 0.25) is 0 Å². The zero-order valence-electron chi connectivity index (χ0n) is 14.7. The monoisotopic (exact) mass is 348 g/mol. The van der Waals surface area contributed by atoms with Crippen LogP contribution in [0.25, 0.3) is 0 Å². The second kappa shape index (κ2) is 7.65. The van der Waals surface area contributed by atoms with Crippen LogP contribution in [0.3, 0.4) is 0 Å². The third kappa shape index (κ3) is 4.36. The number of nitrogens with zero attached hydrogens (tertiary/aromatic N) is 3. The van der Waals surface area contributed by atoms with E-state index in [1.54, 1.807) is 24.3 Å². The predicted molar refractivity (Wildman–Crippen MR) is 102 cm³/mol. The Morgan fingerprint density at radius 2 is 1.85 bits per heavy atom. The minimum absolute atomic E-state index is 0.224. The zero-order chi connectivity index (χ0) is 18.5. The smallest absolute Gasteiger partial charge is 0.335 e. The summed E-state index contributed by atoms with van der Waals surface area (Å²) in [7, 11) is 1.98. The summed E-state index contributed by atoms with van der Waals surface area (Å²) in [4.78, 5) is 22.1. The van der Waals surface area contributed by atoms with Crippen molar-refractivity contribution in [3.63, 3.8) is 0 Å². The molecule has 26 heavy (non-hydrogen) atoms. The van der Waals surface area contributed by atoms with Gasteiger partial charge in [-0.3, -0.25) is 0 Å². The summed E-state index contributed by atoms with van der Waals surface area (Å²) in [6.45, 7) is 2.56. The van der Waals surface area contributed by atoms with Crippen LogP contribution in [-0.2, 0) is 6.54 Å². The molecule has 0 atom stereocenters. The number of hydrogen-bond donors (Lipinski definition) is 2. The van der Waals surface area contributed by atoms with Crippen LogP contribution in [0.5, 0.6) is 0 Å². The number of carbonyl (C=O) groups is 1. The van der Waals surface area contributed by atoms with E-state index < -0.39 is 5.97 Å². The SMILES string of the molecule is Cc1nc(Nc2cccc(C(=O)O)c2)cc(N(C)Cc2ccccc2)n1. The number of carboxylic acids is 1. The van der Waals surface area contributed by atoms with Crippen LogP contribution >= 0.6 is 0 Å². The zero-order valence-corrected chi connectivity index (χ0v) is 14.7. The highest BCUT2D eigenvalue weighted by molar-refractivity contribution is 5.89. The van der Waals surface area contributed by atoms with Crippen LogP contribution in [0.2, 0.25) is 0 Å². The second-order valence-corrected chi connectivity index (χ2v) is 6.01. The van der Waals surface area contributed by atoms with Crippen molar-refractivity contribution >= 4 is 23.3 Å². The van der Waals surface area contributed by atoms with Crippen LogP contribution in [0.4, 0.5) is 17.3 Å². The lowest BCUT2D eigenvalue weighted by Crippen LogP contribution is -2.18. The van der Waals surface area contributed by atoms with E-state index in [1.807, 2.05) is 43.1 Å². The molecule has 0 aliphatic rings. The Kier molecular flexibility index (Phi) is 5.12. The minimum atomic E-state index is -0.962. The van der Waals surface area contributed by atoms with Crippen molar-refractivity contribution in [3.8, 4) is 0 Å². The van der Waals surface area contributed by atoms with Crippen LogP contribution in [-0.4, -0.2) is 28.1 Å². The number of carboxylic acid groups (broad SMARTS) is 1. The Hall–Kier alpha value is -3.41. The van der Waals surface area contributed by atoms with Crippen LogP contribution in [0.1, 0.15) is 21.7 Å².